The Balaban J connectivity index is 1.82. The summed E-state index contributed by atoms with van der Waals surface area (Å²) in [5.41, 5.74) is 7.33. The van der Waals surface area contributed by atoms with Crippen molar-refractivity contribution in [2.75, 3.05) is 5.32 Å². The molecule has 12 heteroatoms. The zero-order valence-corrected chi connectivity index (χ0v) is 17.6. The summed E-state index contributed by atoms with van der Waals surface area (Å²) in [6.45, 7) is 1.89. The number of anilines is 1. The zero-order valence-electron chi connectivity index (χ0n) is 16.8. The number of halogens is 1. The van der Waals surface area contributed by atoms with Gasteiger partial charge < -0.3 is 16.0 Å². The van der Waals surface area contributed by atoms with E-state index in [1.54, 1.807) is 25.1 Å². The van der Waals surface area contributed by atoms with Crippen molar-refractivity contribution in [3.05, 3.63) is 65.4 Å². The average Bonchev–Trinajstić information content (AvgIpc) is 3.07. The van der Waals surface area contributed by atoms with Crippen molar-refractivity contribution < 1.29 is 17.6 Å². The number of sulfonamides is 1. The van der Waals surface area contributed by atoms with Gasteiger partial charge in [0.1, 0.15) is 10.7 Å². The van der Waals surface area contributed by atoms with Crippen LogP contribution in [0.2, 0.25) is 0 Å². The first-order chi connectivity index (χ1) is 15.1. The van der Waals surface area contributed by atoms with E-state index in [1.807, 2.05) is 0 Å². The third-order valence-corrected chi connectivity index (χ3v) is 5.66. The topological polar surface area (TPSA) is 170 Å². The lowest BCUT2D eigenvalue weighted by Crippen LogP contribution is -2.18. The number of fused-ring (bicyclic) bond motifs is 1. The van der Waals surface area contributed by atoms with Crippen LogP contribution in [0.15, 0.2) is 47.4 Å². The maximum Gasteiger partial charge on any atom is 0.286 e. The van der Waals surface area contributed by atoms with E-state index >= 15 is 0 Å². The molecule has 4 rings (SSSR count). The maximum absolute atomic E-state index is 13.4. The summed E-state index contributed by atoms with van der Waals surface area (Å²) in [5.74, 6) is -1.40. The van der Waals surface area contributed by atoms with Crippen molar-refractivity contribution in [2.45, 2.75) is 18.4 Å². The number of hydrogen-bond acceptors (Lipinski definition) is 7. The highest BCUT2D eigenvalue weighted by molar-refractivity contribution is 7.89. The van der Waals surface area contributed by atoms with Gasteiger partial charge in [0.05, 0.1) is 5.52 Å². The molecule has 10 nitrogen and oxygen atoms in total. The van der Waals surface area contributed by atoms with E-state index in [-0.39, 0.29) is 34.6 Å². The molecule has 0 atom stereocenters. The van der Waals surface area contributed by atoms with Crippen molar-refractivity contribution in [1.29, 1.82) is 0 Å². The van der Waals surface area contributed by atoms with Crippen molar-refractivity contribution in [1.82, 2.24) is 19.9 Å². The first kappa shape index (κ1) is 21.3. The number of rotatable bonds is 6. The summed E-state index contributed by atoms with van der Waals surface area (Å²) in [6, 6.07) is 10.6. The number of aromatic amines is 1. The molecule has 0 radical (unpaired) electrons. The van der Waals surface area contributed by atoms with Crippen molar-refractivity contribution >= 4 is 32.8 Å². The molecule has 6 N–H and O–H groups in total. The number of H-pyrrole nitrogens is 1. The number of benzene rings is 2. The Morgan fingerprint density at radius 3 is 2.59 bits per heavy atom. The van der Waals surface area contributed by atoms with E-state index in [9.17, 15) is 17.6 Å². The summed E-state index contributed by atoms with van der Waals surface area (Å²) in [7, 11) is -3.99. The molecule has 0 unspecified atom stereocenters. The lowest BCUT2D eigenvalue weighted by atomic mass is 10.1. The predicted octanol–water partition coefficient (Wildman–Crippen LogP) is 1.83. The highest BCUT2D eigenvalue weighted by Crippen LogP contribution is 2.33. The molecule has 2 aromatic heterocycles. The van der Waals surface area contributed by atoms with Crippen LogP contribution in [0.3, 0.4) is 0 Å². The fraction of sp³-hybridized carbons (Fsp3) is 0.100. The summed E-state index contributed by atoms with van der Waals surface area (Å²) < 4.78 is 37.4. The van der Waals surface area contributed by atoms with E-state index in [0.717, 1.165) is 0 Å². The van der Waals surface area contributed by atoms with Gasteiger partial charge >= 0.3 is 0 Å². The van der Waals surface area contributed by atoms with Gasteiger partial charge in [0, 0.05) is 23.2 Å². The minimum atomic E-state index is -3.99. The smallest absolute Gasteiger partial charge is 0.286 e. The van der Waals surface area contributed by atoms with Crippen LogP contribution in [0.5, 0.6) is 0 Å². The first-order valence-corrected chi connectivity index (χ1v) is 10.9. The normalized spacial score (nSPS) is 11.6. The lowest BCUT2D eigenvalue weighted by molar-refractivity contribution is 0.0990. The van der Waals surface area contributed by atoms with Crippen LogP contribution >= 0.6 is 0 Å². The maximum atomic E-state index is 13.4. The molecular formula is C20H18FN7O3S. The standard InChI is InChI=1S/C20H18FN7O3S/c1-10-15(13-6-3-7-14(16(13)25-10)32(23,30)31)18-26-19(17(22)29)28-20(27-18)24-9-11-4-2-5-12(21)8-11/h2-8,25H,9H2,1H3,(H2,22,29)(H2,23,30,31)(H,24,26,27,28). The van der Waals surface area contributed by atoms with E-state index in [4.69, 9.17) is 10.9 Å². The molecule has 0 aliphatic rings. The number of primary sulfonamides is 1. The molecule has 0 spiro atoms. The van der Waals surface area contributed by atoms with Gasteiger partial charge in [-0.15, -0.1) is 0 Å². The van der Waals surface area contributed by atoms with E-state index in [0.29, 0.717) is 22.2 Å². The van der Waals surface area contributed by atoms with Gasteiger partial charge in [-0.3, -0.25) is 4.79 Å². The molecule has 0 saturated heterocycles. The van der Waals surface area contributed by atoms with Crippen molar-refractivity contribution in [3.8, 4) is 11.4 Å². The Kier molecular flexibility index (Phi) is 5.32. The Hall–Kier alpha value is -3.90. The molecule has 164 valence electrons. The highest BCUT2D eigenvalue weighted by atomic mass is 32.2. The molecule has 32 heavy (non-hydrogen) atoms. The zero-order chi connectivity index (χ0) is 23.0. The van der Waals surface area contributed by atoms with Gasteiger partial charge in [0.15, 0.2) is 5.82 Å². The number of aromatic nitrogens is 4. The quantitative estimate of drug-likeness (QED) is 0.343. The Labute approximate surface area is 182 Å². The first-order valence-electron chi connectivity index (χ1n) is 9.32. The monoisotopic (exact) mass is 455 g/mol. The minimum absolute atomic E-state index is 0.0458. The Bertz CT molecular complexity index is 1470. The Morgan fingerprint density at radius 1 is 1.16 bits per heavy atom. The molecule has 0 aliphatic carbocycles. The number of amides is 1. The predicted molar refractivity (Wildman–Crippen MR) is 115 cm³/mol. The summed E-state index contributed by atoms with van der Waals surface area (Å²) in [4.78, 5) is 27.3. The number of nitrogens with zero attached hydrogens (tertiary/aromatic N) is 3. The second kappa shape index (κ2) is 7.98. The number of aryl methyl sites for hydroxylation is 1. The number of carbonyl (C=O) groups excluding carboxylic acids is 1. The van der Waals surface area contributed by atoms with Crippen LogP contribution in [-0.4, -0.2) is 34.3 Å². The summed E-state index contributed by atoms with van der Waals surface area (Å²) >= 11 is 0. The lowest BCUT2D eigenvalue weighted by Gasteiger charge is -2.09. The molecule has 1 amide bonds. The molecule has 0 bridgehead atoms. The number of hydrogen-bond donors (Lipinski definition) is 4. The molecule has 4 aromatic rings. The molecule has 0 fully saturated rings. The van der Waals surface area contributed by atoms with Crippen LogP contribution < -0.4 is 16.2 Å². The second-order valence-electron chi connectivity index (χ2n) is 7.00. The number of primary amides is 1. The van der Waals surface area contributed by atoms with Crippen LogP contribution in [0.1, 0.15) is 21.9 Å². The number of para-hydroxylation sites is 1. The molecule has 0 saturated carbocycles. The largest absolute Gasteiger partial charge is 0.363 e. The molecule has 0 aliphatic heterocycles. The molecule has 2 heterocycles. The minimum Gasteiger partial charge on any atom is -0.363 e. The number of nitrogens with two attached hydrogens (primary N) is 2. The van der Waals surface area contributed by atoms with E-state index in [1.165, 1.54) is 24.3 Å². The van der Waals surface area contributed by atoms with Crippen LogP contribution in [0.4, 0.5) is 10.3 Å². The van der Waals surface area contributed by atoms with Gasteiger partial charge in [-0.05, 0) is 30.7 Å². The summed E-state index contributed by atoms with van der Waals surface area (Å²) in [5, 5.41) is 8.75. The Morgan fingerprint density at radius 2 is 1.91 bits per heavy atom. The average molecular weight is 455 g/mol. The van der Waals surface area contributed by atoms with Crippen LogP contribution in [-0.2, 0) is 16.6 Å². The van der Waals surface area contributed by atoms with E-state index < -0.39 is 21.7 Å². The van der Waals surface area contributed by atoms with Gasteiger partial charge in [-0.25, -0.2) is 22.9 Å². The van der Waals surface area contributed by atoms with Gasteiger partial charge in [-0.1, -0.05) is 24.3 Å². The van der Waals surface area contributed by atoms with Gasteiger partial charge in [0.2, 0.25) is 21.8 Å². The number of carbonyl (C=O) groups is 1. The number of nitrogens with one attached hydrogen (secondary N) is 2. The van der Waals surface area contributed by atoms with Gasteiger partial charge in [-0.2, -0.15) is 9.97 Å². The third kappa shape index (κ3) is 4.13. The SMILES string of the molecule is Cc1[nH]c2c(S(N)(=O)=O)cccc2c1-c1nc(NCc2cccc(F)c2)nc(C(N)=O)n1. The van der Waals surface area contributed by atoms with Crippen molar-refractivity contribution in [2.24, 2.45) is 10.9 Å². The van der Waals surface area contributed by atoms with Crippen LogP contribution in [0, 0.1) is 12.7 Å². The fourth-order valence-corrected chi connectivity index (χ4v) is 4.06. The molecular weight excluding hydrogens is 437 g/mol. The fourth-order valence-electron chi connectivity index (χ4n) is 3.35. The third-order valence-electron chi connectivity index (χ3n) is 4.71. The highest BCUT2D eigenvalue weighted by Gasteiger charge is 2.21. The van der Waals surface area contributed by atoms with Crippen molar-refractivity contribution in [3.63, 3.8) is 0 Å². The van der Waals surface area contributed by atoms with Crippen LogP contribution in [0.25, 0.3) is 22.3 Å². The second-order valence-corrected chi connectivity index (χ2v) is 8.53. The molecule has 2 aromatic carbocycles. The summed E-state index contributed by atoms with van der Waals surface area (Å²) in [6.07, 6.45) is 0. The van der Waals surface area contributed by atoms with Gasteiger partial charge in [0.25, 0.3) is 5.91 Å². The van der Waals surface area contributed by atoms with E-state index in [2.05, 4.69) is 25.3 Å².